The molecule has 1 heteroatoms. The van der Waals surface area contributed by atoms with E-state index in [1.54, 1.807) is 6.92 Å². The first kappa shape index (κ1) is 10.2. The van der Waals surface area contributed by atoms with Gasteiger partial charge in [0.25, 0.3) is 0 Å². The molecule has 1 nitrogen and oxygen atoms in total. The highest BCUT2D eigenvalue weighted by atomic mass is 16.1. The highest BCUT2D eigenvalue weighted by molar-refractivity contribution is 5.95. The third-order valence-electron chi connectivity index (χ3n) is 1.52. The second-order valence-corrected chi connectivity index (χ2v) is 3.21. The van der Waals surface area contributed by atoms with Crippen LogP contribution < -0.4 is 0 Å². The summed E-state index contributed by atoms with van der Waals surface area (Å²) in [7, 11) is 0. The zero-order chi connectivity index (χ0) is 9.02. The minimum Gasteiger partial charge on any atom is -0.294 e. The molecule has 0 rings (SSSR count). The van der Waals surface area contributed by atoms with Crippen molar-refractivity contribution in [3.05, 3.63) is 24.3 Å². The van der Waals surface area contributed by atoms with Crippen molar-refractivity contribution in [3.63, 3.8) is 0 Å². The third kappa shape index (κ3) is 3.76. The summed E-state index contributed by atoms with van der Waals surface area (Å²) in [4.78, 5) is 11.2. The maximum atomic E-state index is 11.2. The maximum absolute atomic E-state index is 11.2. The zero-order valence-electron chi connectivity index (χ0n) is 7.61. The van der Waals surface area contributed by atoms with Crippen LogP contribution in [0.25, 0.3) is 0 Å². The Kier molecular flexibility index (Phi) is 3.80. The Bertz CT molecular complexity index is 189. The van der Waals surface area contributed by atoms with E-state index >= 15 is 0 Å². The number of allylic oxidation sites excluding steroid dienone is 2. The summed E-state index contributed by atoms with van der Waals surface area (Å²) in [6, 6.07) is 0. The summed E-state index contributed by atoms with van der Waals surface area (Å²) in [5.41, 5.74) is 1.69. The summed E-state index contributed by atoms with van der Waals surface area (Å²) in [6.07, 6.45) is 0.770. The lowest BCUT2D eigenvalue weighted by atomic mass is 9.95. The van der Waals surface area contributed by atoms with Crippen LogP contribution in [-0.2, 0) is 4.79 Å². The van der Waals surface area contributed by atoms with E-state index in [1.807, 2.05) is 13.8 Å². The van der Waals surface area contributed by atoms with Crippen LogP contribution in [0, 0.1) is 5.92 Å². The van der Waals surface area contributed by atoms with E-state index in [-0.39, 0.29) is 11.7 Å². The van der Waals surface area contributed by atoms with Crippen LogP contribution in [0.2, 0.25) is 0 Å². The molecule has 0 heterocycles. The minimum atomic E-state index is 0.0463. The highest BCUT2D eigenvalue weighted by Gasteiger charge is 2.12. The van der Waals surface area contributed by atoms with Crippen molar-refractivity contribution >= 4 is 5.78 Å². The second-order valence-electron chi connectivity index (χ2n) is 3.21. The average molecular weight is 152 g/mol. The van der Waals surface area contributed by atoms with Gasteiger partial charge in [0, 0.05) is 5.92 Å². The van der Waals surface area contributed by atoms with Gasteiger partial charge in [-0.25, -0.2) is 0 Å². The summed E-state index contributed by atoms with van der Waals surface area (Å²) < 4.78 is 0. The third-order valence-corrected chi connectivity index (χ3v) is 1.52. The quantitative estimate of drug-likeness (QED) is 0.447. The van der Waals surface area contributed by atoms with E-state index < -0.39 is 0 Å². The van der Waals surface area contributed by atoms with E-state index in [2.05, 4.69) is 13.2 Å². The number of hydrogen-bond donors (Lipinski definition) is 0. The van der Waals surface area contributed by atoms with Crippen LogP contribution in [0.5, 0.6) is 0 Å². The number of ketones is 1. The molecule has 1 unspecified atom stereocenters. The van der Waals surface area contributed by atoms with Crippen molar-refractivity contribution in [2.24, 2.45) is 5.92 Å². The fraction of sp³-hybridized carbons (Fsp3) is 0.500. The van der Waals surface area contributed by atoms with Gasteiger partial charge in [-0.3, -0.25) is 4.79 Å². The lowest BCUT2D eigenvalue weighted by Gasteiger charge is -2.08. The predicted molar refractivity (Wildman–Crippen MR) is 48.4 cm³/mol. The average Bonchev–Trinajstić information content (AvgIpc) is 1.84. The Balaban J connectivity index is 4.03. The molecule has 0 aliphatic heterocycles. The van der Waals surface area contributed by atoms with Crippen LogP contribution in [0.1, 0.15) is 27.2 Å². The lowest BCUT2D eigenvalue weighted by Crippen LogP contribution is -2.11. The topological polar surface area (TPSA) is 17.1 Å². The standard InChI is InChI=1S/C10H16O/c1-7(2)6-9(5)10(11)8(3)4/h9H,1,3,6H2,2,4-5H3. The molecule has 11 heavy (non-hydrogen) atoms. The van der Waals surface area contributed by atoms with Crippen LogP contribution in [0.4, 0.5) is 0 Å². The molecule has 0 radical (unpaired) electrons. The van der Waals surface area contributed by atoms with Crippen molar-refractivity contribution in [2.75, 3.05) is 0 Å². The Morgan fingerprint density at radius 2 is 1.82 bits per heavy atom. The van der Waals surface area contributed by atoms with Crippen molar-refractivity contribution in [1.82, 2.24) is 0 Å². The fourth-order valence-corrected chi connectivity index (χ4v) is 1.04. The molecule has 0 N–H and O–H groups in total. The number of carbonyl (C=O) groups excluding carboxylic acids is 1. The summed E-state index contributed by atoms with van der Waals surface area (Å²) in [5.74, 6) is 0.193. The van der Waals surface area contributed by atoms with Gasteiger partial charge in [0.2, 0.25) is 0 Å². The van der Waals surface area contributed by atoms with Crippen molar-refractivity contribution in [2.45, 2.75) is 27.2 Å². The molecule has 62 valence electrons. The maximum Gasteiger partial charge on any atom is 0.161 e. The van der Waals surface area contributed by atoms with Crippen LogP contribution >= 0.6 is 0 Å². The van der Waals surface area contributed by atoms with Gasteiger partial charge in [-0.2, -0.15) is 0 Å². The van der Waals surface area contributed by atoms with E-state index in [9.17, 15) is 4.79 Å². The van der Waals surface area contributed by atoms with Gasteiger partial charge in [-0.15, -0.1) is 6.58 Å². The van der Waals surface area contributed by atoms with Gasteiger partial charge in [-0.05, 0) is 25.8 Å². The molecule has 0 aromatic rings. The van der Waals surface area contributed by atoms with Gasteiger partial charge in [0.15, 0.2) is 5.78 Å². The van der Waals surface area contributed by atoms with Crippen molar-refractivity contribution in [1.29, 1.82) is 0 Å². The molecular formula is C10H16O. The summed E-state index contributed by atoms with van der Waals surface area (Å²) >= 11 is 0. The zero-order valence-corrected chi connectivity index (χ0v) is 7.61. The molecule has 0 aromatic carbocycles. The smallest absolute Gasteiger partial charge is 0.161 e. The molecule has 0 bridgehead atoms. The predicted octanol–water partition coefficient (Wildman–Crippen LogP) is 2.73. The molecule has 0 aromatic heterocycles. The molecule has 0 amide bonds. The Morgan fingerprint density at radius 1 is 1.36 bits per heavy atom. The first-order chi connectivity index (χ1) is 4.95. The molecule has 0 aliphatic carbocycles. The molecule has 0 aliphatic rings. The monoisotopic (exact) mass is 152 g/mol. The first-order valence-corrected chi connectivity index (χ1v) is 3.79. The van der Waals surface area contributed by atoms with Crippen LogP contribution in [-0.4, -0.2) is 5.78 Å². The van der Waals surface area contributed by atoms with E-state index in [1.165, 1.54) is 0 Å². The Labute approximate surface area is 68.8 Å². The van der Waals surface area contributed by atoms with Gasteiger partial charge < -0.3 is 0 Å². The van der Waals surface area contributed by atoms with Crippen molar-refractivity contribution in [3.8, 4) is 0 Å². The number of Topliss-reactive ketones (excluding diaryl/α,β-unsaturated/α-hetero) is 1. The normalized spacial score (nSPS) is 12.3. The summed E-state index contributed by atoms with van der Waals surface area (Å²) in [5, 5.41) is 0. The first-order valence-electron chi connectivity index (χ1n) is 3.79. The minimum absolute atomic E-state index is 0.0463. The SMILES string of the molecule is C=C(C)CC(C)C(=O)C(=C)C. The largest absolute Gasteiger partial charge is 0.294 e. The van der Waals surface area contributed by atoms with Gasteiger partial charge >= 0.3 is 0 Å². The van der Waals surface area contributed by atoms with E-state index in [0.29, 0.717) is 5.57 Å². The molecule has 0 saturated carbocycles. The summed E-state index contributed by atoms with van der Waals surface area (Å²) in [6.45, 7) is 12.9. The molecule has 0 spiro atoms. The number of carbonyl (C=O) groups is 1. The molecular weight excluding hydrogens is 136 g/mol. The highest BCUT2D eigenvalue weighted by Crippen LogP contribution is 2.13. The molecule has 0 fully saturated rings. The second kappa shape index (κ2) is 4.12. The molecule has 1 atom stereocenters. The number of rotatable bonds is 4. The number of hydrogen-bond acceptors (Lipinski definition) is 1. The van der Waals surface area contributed by atoms with E-state index in [0.717, 1.165) is 12.0 Å². The van der Waals surface area contributed by atoms with Crippen molar-refractivity contribution < 1.29 is 4.79 Å². The Morgan fingerprint density at radius 3 is 2.09 bits per heavy atom. The van der Waals surface area contributed by atoms with Crippen LogP contribution in [0.15, 0.2) is 24.3 Å². The van der Waals surface area contributed by atoms with E-state index in [4.69, 9.17) is 0 Å². The molecule has 0 saturated heterocycles. The van der Waals surface area contributed by atoms with Crippen LogP contribution in [0.3, 0.4) is 0 Å². The van der Waals surface area contributed by atoms with Gasteiger partial charge in [0.1, 0.15) is 0 Å². The van der Waals surface area contributed by atoms with Gasteiger partial charge in [0.05, 0.1) is 0 Å². The Hall–Kier alpha value is -0.850. The fourth-order valence-electron chi connectivity index (χ4n) is 1.04. The lowest BCUT2D eigenvalue weighted by molar-refractivity contribution is -0.118. The van der Waals surface area contributed by atoms with Gasteiger partial charge in [-0.1, -0.05) is 19.1 Å².